The van der Waals surface area contributed by atoms with Gasteiger partial charge in [-0.15, -0.1) is 0 Å². The van der Waals surface area contributed by atoms with Gasteiger partial charge < -0.3 is 25.2 Å². The highest BCUT2D eigenvalue weighted by atomic mass is 16.5. The van der Waals surface area contributed by atoms with E-state index in [0.29, 0.717) is 0 Å². The molecule has 0 bridgehead atoms. The molecule has 1 aliphatic rings. The van der Waals surface area contributed by atoms with Crippen molar-refractivity contribution >= 4 is 0 Å². The molecule has 0 amide bonds. The van der Waals surface area contributed by atoms with Crippen molar-refractivity contribution in [3.05, 3.63) is 0 Å². The molecule has 0 aromatic heterocycles. The Morgan fingerprint density at radius 3 is 2.17 bits per heavy atom. The molecule has 1 fully saturated rings. The van der Waals surface area contributed by atoms with Gasteiger partial charge in [0.2, 0.25) is 0 Å². The van der Waals surface area contributed by atoms with Crippen molar-refractivity contribution in [2.24, 2.45) is 0 Å². The van der Waals surface area contributed by atoms with Crippen LogP contribution in [0.5, 0.6) is 0 Å². The molecular formula is C7H14O5. The molecule has 0 aromatic carbocycles. The Morgan fingerprint density at radius 1 is 1.08 bits per heavy atom. The van der Waals surface area contributed by atoms with Gasteiger partial charge in [0.05, 0.1) is 12.7 Å². The van der Waals surface area contributed by atoms with Crippen molar-refractivity contribution < 1.29 is 25.2 Å². The number of hydrogen-bond donors (Lipinski definition) is 4. The Labute approximate surface area is 70.2 Å². The van der Waals surface area contributed by atoms with Crippen LogP contribution in [-0.4, -0.2) is 57.6 Å². The molecule has 5 nitrogen and oxygen atoms in total. The third-order valence-corrected chi connectivity index (χ3v) is 2.13. The normalized spacial score (nSPS) is 49.2. The molecule has 72 valence electrons. The van der Waals surface area contributed by atoms with E-state index in [2.05, 4.69) is 0 Å². The summed E-state index contributed by atoms with van der Waals surface area (Å²) in [4.78, 5) is 0. The summed E-state index contributed by atoms with van der Waals surface area (Å²) in [5, 5.41) is 36.4. The Balaban J connectivity index is 2.63. The lowest BCUT2D eigenvalue weighted by molar-refractivity contribution is -0.224. The maximum Gasteiger partial charge on any atom is 0.111 e. The van der Waals surface area contributed by atoms with Gasteiger partial charge in [0, 0.05) is 0 Å². The highest BCUT2D eigenvalue weighted by molar-refractivity contribution is 4.89. The quantitative estimate of drug-likeness (QED) is 0.367. The zero-order valence-electron chi connectivity index (χ0n) is 6.79. The van der Waals surface area contributed by atoms with Crippen LogP contribution in [0.15, 0.2) is 0 Å². The van der Waals surface area contributed by atoms with Crippen molar-refractivity contribution in [3.8, 4) is 0 Å². The summed E-state index contributed by atoms with van der Waals surface area (Å²) in [6.45, 7) is 1.21. The van der Waals surface area contributed by atoms with E-state index in [4.69, 9.17) is 9.84 Å². The van der Waals surface area contributed by atoms with Crippen LogP contribution in [0.25, 0.3) is 0 Å². The van der Waals surface area contributed by atoms with Crippen LogP contribution in [0.3, 0.4) is 0 Å². The molecule has 0 saturated carbocycles. The number of ether oxygens (including phenoxy) is 1. The smallest absolute Gasteiger partial charge is 0.111 e. The first-order chi connectivity index (χ1) is 5.57. The highest BCUT2D eigenvalue weighted by Crippen LogP contribution is 2.20. The zero-order chi connectivity index (χ0) is 9.30. The minimum Gasteiger partial charge on any atom is -0.394 e. The largest absolute Gasteiger partial charge is 0.394 e. The van der Waals surface area contributed by atoms with Crippen LogP contribution in [0.2, 0.25) is 0 Å². The van der Waals surface area contributed by atoms with Crippen molar-refractivity contribution in [2.45, 2.75) is 37.4 Å². The molecule has 1 heterocycles. The summed E-state index contributed by atoms with van der Waals surface area (Å²) in [7, 11) is 0. The second-order valence-corrected chi connectivity index (χ2v) is 3.03. The fourth-order valence-electron chi connectivity index (χ4n) is 1.29. The predicted octanol–water partition coefficient (Wildman–Crippen LogP) is -2.15. The molecule has 5 heteroatoms. The lowest BCUT2D eigenvalue weighted by Crippen LogP contribution is -2.57. The standard InChI is InChI=1S/C7H14O5/c1-3-5(9)7(11)6(10)4(2-8)12-3/h3-11H,2H2,1H3/t3-,4?,5-,6+,7?/m0/s1. The van der Waals surface area contributed by atoms with Crippen LogP contribution in [-0.2, 0) is 4.74 Å². The topological polar surface area (TPSA) is 90.2 Å². The van der Waals surface area contributed by atoms with E-state index in [1.807, 2.05) is 0 Å². The van der Waals surface area contributed by atoms with E-state index in [-0.39, 0.29) is 6.61 Å². The van der Waals surface area contributed by atoms with Crippen molar-refractivity contribution in [1.82, 2.24) is 0 Å². The Morgan fingerprint density at radius 2 is 1.67 bits per heavy atom. The minimum absolute atomic E-state index is 0.366. The summed E-state index contributed by atoms with van der Waals surface area (Å²) in [6, 6.07) is 0. The molecule has 1 aliphatic heterocycles. The Hall–Kier alpha value is -0.200. The number of aliphatic hydroxyl groups excluding tert-OH is 4. The molecule has 1 rings (SSSR count). The van der Waals surface area contributed by atoms with Crippen LogP contribution in [0.1, 0.15) is 6.92 Å². The van der Waals surface area contributed by atoms with Crippen molar-refractivity contribution in [1.29, 1.82) is 0 Å². The number of hydrogen-bond acceptors (Lipinski definition) is 5. The van der Waals surface area contributed by atoms with E-state index in [1.165, 1.54) is 0 Å². The number of aliphatic hydroxyl groups is 4. The van der Waals surface area contributed by atoms with Gasteiger partial charge in [-0.05, 0) is 6.92 Å². The second kappa shape index (κ2) is 3.68. The first-order valence-corrected chi connectivity index (χ1v) is 3.88. The first kappa shape index (κ1) is 9.88. The fourth-order valence-corrected chi connectivity index (χ4v) is 1.29. The van der Waals surface area contributed by atoms with Gasteiger partial charge in [-0.2, -0.15) is 0 Å². The van der Waals surface area contributed by atoms with Crippen molar-refractivity contribution in [2.75, 3.05) is 6.61 Å². The van der Waals surface area contributed by atoms with Crippen LogP contribution in [0.4, 0.5) is 0 Å². The summed E-state index contributed by atoms with van der Waals surface area (Å²) >= 11 is 0. The van der Waals surface area contributed by atoms with E-state index in [9.17, 15) is 15.3 Å². The lowest BCUT2D eigenvalue weighted by Gasteiger charge is -2.38. The third kappa shape index (κ3) is 1.60. The van der Waals surface area contributed by atoms with Gasteiger partial charge in [0.15, 0.2) is 0 Å². The van der Waals surface area contributed by atoms with E-state index < -0.39 is 30.5 Å². The van der Waals surface area contributed by atoms with Crippen LogP contribution < -0.4 is 0 Å². The summed E-state index contributed by atoms with van der Waals surface area (Å²) in [6.07, 6.45) is -4.94. The second-order valence-electron chi connectivity index (χ2n) is 3.03. The van der Waals surface area contributed by atoms with Gasteiger partial charge in [-0.1, -0.05) is 0 Å². The SMILES string of the molecule is C[C@@H]1OC(CO)[C@@H](O)C(O)[C@H]1O. The molecule has 0 aliphatic carbocycles. The van der Waals surface area contributed by atoms with Crippen LogP contribution >= 0.6 is 0 Å². The fraction of sp³-hybridized carbons (Fsp3) is 1.00. The predicted molar refractivity (Wildman–Crippen MR) is 39.4 cm³/mol. The van der Waals surface area contributed by atoms with E-state index >= 15 is 0 Å². The van der Waals surface area contributed by atoms with Crippen molar-refractivity contribution in [3.63, 3.8) is 0 Å². The molecule has 1 saturated heterocycles. The van der Waals surface area contributed by atoms with E-state index in [0.717, 1.165) is 0 Å². The van der Waals surface area contributed by atoms with Gasteiger partial charge in [-0.3, -0.25) is 0 Å². The molecule has 2 unspecified atom stereocenters. The third-order valence-electron chi connectivity index (χ3n) is 2.13. The summed E-state index contributed by atoms with van der Waals surface area (Å²) in [5.74, 6) is 0. The molecular weight excluding hydrogens is 164 g/mol. The monoisotopic (exact) mass is 178 g/mol. The molecule has 0 aromatic rings. The Kier molecular flexibility index (Phi) is 3.03. The molecule has 4 N–H and O–H groups in total. The van der Waals surface area contributed by atoms with Gasteiger partial charge in [0.1, 0.15) is 24.4 Å². The lowest BCUT2D eigenvalue weighted by atomic mass is 9.96. The summed E-state index contributed by atoms with van der Waals surface area (Å²) < 4.78 is 5.02. The number of rotatable bonds is 1. The molecule has 12 heavy (non-hydrogen) atoms. The average Bonchev–Trinajstić information content (AvgIpc) is 2.08. The van der Waals surface area contributed by atoms with Gasteiger partial charge in [-0.25, -0.2) is 0 Å². The van der Waals surface area contributed by atoms with Crippen LogP contribution in [0, 0.1) is 0 Å². The maximum absolute atomic E-state index is 9.23. The van der Waals surface area contributed by atoms with E-state index in [1.54, 1.807) is 6.92 Å². The molecule has 0 radical (unpaired) electrons. The Bertz CT molecular complexity index is 146. The minimum atomic E-state index is -1.24. The van der Waals surface area contributed by atoms with Gasteiger partial charge >= 0.3 is 0 Å². The average molecular weight is 178 g/mol. The maximum atomic E-state index is 9.23. The highest BCUT2D eigenvalue weighted by Gasteiger charge is 2.41. The first-order valence-electron chi connectivity index (χ1n) is 3.88. The summed E-state index contributed by atoms with van der Waals surface area (Å²) in [5.41, 5.74) is 0. The van der Waals surface area contributed by atoms with Gasteiger partial charge in [0.25, 0.3) is 0 Å². The zero-order valence-corrected chi connectivity index (χ0v) is 6.79. The molecule has 0 spiro atoms. The molecule has 5 atom stereocenters.